The van der Waals surface area contributed by atoms with Crippen LogP contribution in [0, 0.1) is 0 Å². The van der Waals surface area contributed by atoms with Crippen LogP contribution in [0.25, 0.3) is 0 Å². The molecule has 4 rings (SSSR count). The Kier molecular flexibility index (Phi) is 6.57. The molecule has 3 aromatic rings. The van der Waals surface area contributed by atoms with Crippen LogP contribution in [0.4, 0.5) is 5.82 Å². The SMILES string of the molecule is CC(C)(C)[Si](OC[C@@H]1O[C@@H](n2ccc(N)nc2=O)CS1)(c1ccccc1)c1ccccc1. The number of benzene rings is 2. The average Bonchev–Trinajstić information content (AvgIpc) is 3.23. The lowest BCUT2D eigenvalue weighted by atomic mass is 10.2. The standard InChI is InChI=1S/C24H29N3O3SSi/c1-24(2,3)32(18-10-6-4-7-11-18,19-12-8-5-9-13-19)29-16-22-30-21(17-31-22)27-15-14-20(25)26-23(27)28/h4-15,21-22H,16-17H2,1-3H3,(H2,25,26,28)/t21-,22-/m1/s1. The highest BCUT2D eigenvalue weighted by molar-refractivity contribution is 8.00. The predicted octanol–water partition coefficient (Wildman–Crippen LogP) is 2.99. The van der Waals surface area contributed by atoms with Crippen molar-refractivity contribution >= 4 is 36.3 Å². The van der Waals surface area contributed by atoms with E-state index in [1.807, 2.05) is 12.1 Å². The zero-order chi connectivity index (χ0) is 22.8. The minimum Gasteiger partial charge on any atom is -0.404 e. The van der Waals surface area contributed by atoms with Gasteiger partial charge in [-0.2, -0.15) is 4.98 Å². The van der Waals surface area contributed by atoms with Gasteiger partial charge in [0.15, 0.2) is 0 Å². The molecule has 6 nitrogen and oxygen atoms in total. The Hall–Kier alpha value is -2.39. The minimum absolute atomic E-state index is 0.101. The van der Waals surface area contributed by atoms with E-state index >= 15 is 0 Å². The fourth-order valence-electron chi connectivity index (χ4n) is 4.28. The van der Waals surface area contributed by atoms with Crippen LogP contribution in [-0.2, 0) is 9.16 Å². The molecule has 1 saturated heterocycles. The molecule has 0 bridgehead atoms. The van der Waals surface area contributed by atoms with Gasteiger partial charge in [0.1, 0.15) is 17.5 Å². The van der Waals surface area contributed by atoms with Crippen molar-refractivity contribution in [3.63, 3.8) is 0 Å². The molecule has 1 fully saturated rings. The maximum Gasteiger partial charge on any atom is 0.351 e. The van der Waals surface area contributed by atoms with Crippen LogP contribution in [0.3, 0.4) is 0 Å². The predicted molar refractivity (Wildman–Crippen MR) is 133 cm³/mol. The topological polar surface area (TPSA) is 79.4 Å². The van der Waals surface area contributed by atoms with Crippen LogP contribution in [0.5, 0.6) is 0 Å². The second-order valence-electron chi connectivity index (χ2n) is 8.87. The molecule has 2 aromatic carbocycles. The molecule has 2 atom stereocenters. The quantitative estimate of drug-likeness (QED) is 0.562. The third-order valence-electron chi connectivity index (χ3n) is 5.75. The molecule has 2 N–H and O–H groups in total. The molecule has 0 spiro atoms. The van der Waals surface area contributed by atoms with Crippen molar-refractivity contribution in [2.24, 2.45) is 0 Å². The number of hydrogen-bond acceptors (Lipinski definition) is 6. The Bertz CT molecular complexity index is 1060. The molecule has 1 aliphatic heterocycles. The van der Waals surface area contributed by atoms with Gasteiger partial charge in [0, 0.05) is 11.9 Å². The summed E-state index contributed by atoms with van der Waals surface area (Å²) in [4.78, 5) is 16.0. The Morgan fingerprint density at radius 2 is 1.69 bits per heavy atom. The summed E-state index contributed by atoms with van der Waals surface area (Å²) in [7, 11) is -2.63. The van der Waals surface area contributed by atoms with E-state index in [0.29, 0.717) is 12.4 Å². The highest BCUT2D eigenvalue weighted by Crippen LogP contribution is 2.38. The third-order valence-corrected chi connectivity index (χ3v) is 11.8. The molecule has 1 aliphatic rings. The van der Waals surface area contributed by atoms with Crippen LogP contribution in [0.15, 0.2) is 77.7 Å². The van der Waals surface area contributed by atoms with E-state index in [1.165, 1.54) is 14.9 Å². The van der Waals surface area contributed by atoms with E-state index in [1.54, 1.807) is 24.0 Å². The van der Waals surface area contributed by atoms with E-state index in [0.717, 1.165) is 0 Å². The summed E-state index contributed by atoms with van der Waals surface area (Å²) in [6.07, 6.45) is 1.26. The van der Waals surface area contributed by atoms with Crippen molar-refractivity contribution in [3.8, 4) is 0 Å². The lowest BCUT2D eigenvalue weighted by Gasteiger charge is -2.43. The van der Waals surface area contributed by atoms with E-state index < -0.39 is 14.0 Å². The molecule has 0 radical (unpaired) electrons. The number of nitrogen functional groups attached to an aromatic ring is 1. The fraction of sp³-hybridized carbons (Fsp3) is 0.333. The highest BCUT2D eigenvalue weighted by atomic mass is 32.2. The Morgan fingerprint density at radius 1 is 1.09 bits per heavy atom. The first kappa shape index (κ1) is 22.8. The van der Waals surface area contributed by atoms with Crippen molar-refractivity contribution in [3.05, 3.63) is 83.4 Å². The van der Waals surface area contributed by atoms with Gasteiger partial charge < -0.3 is 14.9 Å². The van der Waals surface area contributed by atoms with Gasteiger partial charge >= 0.3 is 5.69 Å². The van der Waals surface area contributed by atoms with Gasteiger partial charge in [-0.1, -0.05) is 81.4 Å². The summed E-state index contributed by atoms with van der Waals surface area (Å²) < 4.78 is 14.6. The van der Waals surface area contributed by atoms with Crippen molar-refractivity contribution in [2.45, 2.75) is 37.5 Å². The average molecular weight is 468 g/mol. The summed E-state index contributed by atoms with van der Waals surface area (Å²) in [5.74, 6) is 0.865. The maximum absolute atomic E-state index is 12.2. The largest absolute Gasteiger partial charge is 0.404 e. The van der Waals surface area contributed by atoms with Gasteiger partial charge in [-0.3, -0.25) is 4.57 Å². The van der Waals surface area contributed by atoms with Crippen LogP contribution in [0.2, 0.25) is 5.04 Å². The molecule has 0 amide bonds. The fourth-order valence-corrected chi connectivity index (χ4v) is 9.94. The number of nitrogens with two attached hydrogens (primary N) is 1. The second-order valence-corrected chi connectivity index (χ2v) is 14.4. The molecular weight excluding hydrogens is 438 g/mol. The molecular formula is C24H29N3O3SSi. The third kappa shape index (κ3) is 4.41. The Balaban J connectivity index is 1.61. The van der Waals surface area contributed by atoms with E-state index in [9.17, 15) is 4.79 Å². The summed E-state index contributed by atoms with van der Waals surface area (Å²) in [6.45, 7) is 7.20. The summed E-state index contributed by atoms with van der Waals surface area (Å²) >= 11 is 1.66. The molecule has 0 saturated carbocycles. The first-order valence-corrected chi connectivity index (χ1v) is 13.6. The smallest absolute Gasteiger partial charge is 0.351 e. The lowest BCUT2D eigenvalue weighted by Crippen LogP contribution is -2.67. The monoisotopic (exact) mass is 467 g/mol. The maximum atomic E-state index is 12.2. The van der Waals surface area contributed by atoms with Gasteiger partial charge in [0.2, 0.25) is 0 Å². The molecule has 8 heteroatoms. The number of ether oxygens (including phenoxy) is 1. The van der Waals surface area contributed by atoms with Crippen LogP contribution >= 0.6 is 11.8 Å². The van der Waals surface area contributed by atoms with E-state index in [4.69, 9.17) is 14.9 Å². The Morgan fingerprint density at radius 3 is 2.22 bits per heavy atom. The highest BCUT2D eigenvalue weighted by Gasteiger charge is 2.50. The van der Waals surface area contributed by atoms with Crippen LogP contribution in [0.1, 0.15) is 27.0 Å². The first-order chi connectivity index (χ1) is 15.3. The normalized spacial score (nSPS) is 19.2. The number of thioether (sulfide) groups is 1. The van der Waals surface area contributed by atoms with Gasteiger partial charge in [-0.15, -0.1) is 11.8 Å². The first-order valence-electron chi connectivity index (χ1n) is 10.7. The molecule has 2 heterocycles. The summed E-state index contributed by atoms with van der Waals surface area (Å²) in [6, 6.07) is 22.7. The zero-order valence-corrected chi connectivity index (χ0v) is 20.4. The second kappa shape index (κ2) is 9.23. The molecule has 1 aromatic heterocycles. The number of aromatic nitrogens is 2. The van der Waals surface area contributed by atoms with Crippen LogP contribution < -0.4 is 21.8 Å². The van der Waals surface area contributed by atoms with Crippen LogP contribution in [-0.4, -0.2) is 35.7 Å². The number of rotatable bonds is 6. The van der Waals surface area contributed by atoms with Gasteiger partial charge in [0.25, 0.3) is 8.32 Å². The Labute approximate surface area is 193 Å². The van der Waals surface area contributed by atoms with Crippen molar-refractivity contribution in [2.75, 3.05) is 18.1 Å². The number of nitrogens with zero attached hydrogens (tertiary/aromatic N) is 2. The molecule has 168 valence electrons. The number of hydrogen-bond donors (Lipinski definition) is 1. The molecule has 32 heavy (non-hydrogen) atoms. The number of anilines is 1. The van der Waals surface area contributed by atoms with Crippen molar-refractivity contribution < 1.29 is 9.16 Å². The summed E-state index contributed by atoms with van der Waals surface area (Å²) in [5, 5.41) is 2.37. The minimum atomic E-state index is -2.63. The summed E-state index contributed by atoms with van der Waals surface area (Å²) in [5.41, 5.74) is 5.04. The van der Waals surface area contributed by atoms with E-state index in [2.05, 4.69) is 74.3 Å². The molecule has 0 aliphatic carbocycles. The van der Waals surface area contributed by atoms with Crippen molar-refractivity contribution in [1.29, 1.82) is 0 Å². The lowest BCUT2D eigenvalue weighted by molar-refractivity contribution is -0.00349. The van der Waals surface area contributed by atoms with Gasteiger partial charge in [0.05, 0.1) is 6.61 Å². The van der Waals surface area contributed by atoms with Gasteiger partial charge in [-0.05, 0) is 21.5 Å². The van der Waals surface area contributed by atoms with Gasteiger partial charge in [-0.25, -0.2) is 4.79 Å². The zero-order valence-electron chi connectivity index (χ0n) is 18.6. The van der Waals surface area contributed by atoms with E-state index in [-0.39, 0.29) is 22.5 Å². The van der Waals surface area contributed by atoms with Crippen molar-refractivity contribution in [1.82, 2.24) is 9.55 Å². The molecule has 0 unspecified atom stereocenters.